The molecule has 0 amide bonds. The summed E-state index contributed by atoms with van der Waals surface area (Å²) in [4.78, 5) is 4.64. The lowest BCUT2D eigenvalue weighted by Crippen LogP contribution is -2.16. The van der Waals surface area contributed by atoms with E-state index in [1.165, 1.54) is 117 Å². The average molecular weight is 808 g/mol. The zero-order valence-electron chi connectivity index (χ0n) is 36.8. The minimum Gasteiger partial charge on any atom is -0.256 e. The average Bonchev–Trinajstić information content (AvgIpc) is 3.80. The first-order valence-electron chi connectivity index (χ1n) is 22.4. The molecule has 0 fully saturated rings. The monoisotopic (exact) mass is 807 g/mol. The predicted octanol–water partition coefficient (Wildman–Crippen LogP) is 16.3. The summed E-state index contributed by atoms with van der Waals surface area (Å²) in [5.41, 5.74) is 28.2. The number of nitrogens with zero attached hydrogens (tertiary/aromatic N) is 1. The second kappa shape index (κ2) is 13.5. The van der Waals surface area contributed by atoms with E-state index >= 15 is 0 Å². The second-order valence-electron chi connectivity index (χ2n) is 19.6. The lowest BCUT2D eigenvalue weighted by molar-refractivity contribution is 0.659. The summed E-state index contributed by atoms with van der Waals surface area (Å²) in [6.07, 6.45) is 1.88. The Morgan fingerprint density at radius 3 is 0.921 bits per heavy atom. The Labute approximate surface area is 371 Å². The third kappa shape index (κ3) is 5.65. The van der Waals surface area contributed by atoms with Crippen LogP contribution in [0.5, 0.6) is 0 Å². The van der Waals surface area contributed by atoms with Gasteiger partial charge in [0.2, 0.25) is 0 Å². The van der Waals surface area contributed by atoms with Crippen LogP contribution in [0.4, 0.5) is 0 Å². The van der Waals surface area contributed by atoms with Gasteiger partial charge in [0, 0.05) is 28.0 Å². The Morgan fingerprint density at radius 2 is 0.556 bits per heavy atom. The SMILES string of the molecule is CC1(C)c2cc(-c3cccc(-c4ccccc4)c3)ccc2-c2ccc(-c3ccc4c(c3)C(C)(C)c3cc(-c5ccc6c(c5)C(C)(C)c5cc(-c7ccccn7)ccc5-6)ccc3-4)cc21. The van der Waals surface area contributed by atoms with Gasteiger partial charge < -0.3 is 0 Å². The summed E-state index contributed by atoms with van der Waals surface area (Å²) in [5, 5.41) is 0. The van der Waals surface area contributed by atoms with Gasteiger partial charge in [-0.3, -0.25) is 4.98 Å². The van der Waals surface area contributed by atoms with Gasteiger partial charge >= 0.3 is 0 Å². The van der Waals surface area contributed by atoms with E-state index in [0.29, 0.717) is 0 Å². The van der Waals surface area contributed by atoms with Crippen molar-refractivity contribution < 1.29 is 0 Å². The van der Waals surface area contributed by atoms with E-state index in [4.69, 9.17) is 0 Å². The fourth-order valence-corrected chi connectivity index (χ4v) is 11.3. The van der Waals surface area contributed by atoms with Crippen molar-refractivity contribution in [1.29, 1.82) is 0 Å². The van der Waals surface area contributed by atoms with Crippen LogP contribution in [0.1, 0.15) is 74.9 Å². The van der Waals surface area contributed by atoms with Crippen LogP contribution < -0.4 is 0 Å². The number of fused-ring (bicyclic) bond motifs is 9. The molecule has 0 unspecified atom stereocenters. The summed E-state index contributed by atoms with van der Waals surface area (Å²) in [7, 11) is 0. The highest BCUT2D eigenvalue weighted by Crippen LogP contribution is 2.55. The molecule has 302 valence electrons. The summed E-state index contributed by atoms with van der Waals surface area (Å²) >= 11 is 0. The Bertz CT molecular complexity index is 3340. The molecular formula is C62H49N. The largest absolute Gasteiger partial charge is 0.256 e. The van der Waals surface area contributed by atoms with Crippen molar-refractivity contribution in [3.05, 3.63) is 222 Å². The van der Waals surface area contributed by atoms with Gasteiger partial charge in [0.1, 0.15) is 0 Å². The number of pyridine rings is 1. The van der Waals surface area contributed by atoms with Gasteiger partial charge in [-0.15, -0.1) is 0 Å². The smallest absolute Gasteiger partial charge is 0.0702 e. The van der Waals surface area contributed by atoms with E-state index < -0.39 is 0 Å². The predicted molar refractivity (Wildman–Crippen MR) is 264 cm³/mol. The Balaban J connectivity index is 0.844. The van der Waals surface area contributed by atoms with Gasteiger partial charge in [-0.2, -0.15) is 0 Å². The molecule has 12 rings (SSSR count). The van der Waals surface area contributed by atoms with E-state index in [-0.39, 0.29) is 16.2 Å². The highest BCUT2D eigenvalue weighted by molar-refractivity contribution is 5.90. The van der Waals surface area contributed by atoms with Crippen LogP contribution in [-0.2, 0) is 16.2 Å². The Kier molecular flexibility index (Phi) is 8.04. The molecule has 3 aliphatic rings. The van der Waals surface area contributed by atoms with E-state index in [1.807, 2.05) is 12.3 Å². The molecule has 8 aromatic carbocycles. The summed E-state index contributed by atoms with van der Waals surface area (Å²) in [6.45, 7) is 14.3. The van der Waals surface area contributed by atoms with Gasteiger partial charge in [-0.05, 0) is 166 Å². The quantitative estimate of drug-likeness (QED) is 0.169. The van der Waals surface area contributed by atoms with Crippen molar-refractivity contribution >= 4 is 0 Å². The summed E-state index contributed by atoms with van der Waals surface area (Å²) in [6, 6.07) is 68.3. The standard InChI is InChI=1S/C62H49N/c1-60(2)53-32-41(40-16-12-15-39(31-40)38-13-8-7-9-14-38)18-24-47(53)48-25-19-42(33-54(48)60)43-20-26-49-50-27-21-44(35-56(50)61(3,4)55(49)34-43)45-22-28-51-52-29-23-46(59-17-10-11-30-63-59)37-58(52)62(5,6)57(51)36-45/h7-37H,1-6H3. The molecule has 0 atom stereocenters. The molecule has 1 aromatic heterocycles. The Hall–Kier alpha value is -7.09. The van der Waals surface area contributed by atoms with E-state index in [2.05, 4.69) is 222 Å². The maximum Gasteiger partial charge on any atom is 0.0702 e. The molecule has 0 saturated carbocycles. The maximum atomic E-state index is 4.64. The number of aromatic nitrogens is 1. The first-order chi connectivity index (χ1) is 30.5. The number of hydrogen-bond donors (Lipinski definition) is 0. The highest BCUT2D eigenvalue weighted by atomic mass is 14.7. The van der Waals surface area contributed by atoms with Crippen molar-refractivity contribution in [2.24, 2.45) is 0 Å². The molecule has 1 heterocycles. The third-order valence-corrected chi connectivity index (χ3v) is 15.0. The van der Waals surface area contributed by atoms with Crippen molar-refractivity contribution in [3.8, 4) is 89.1 Å². The van der Waals surface area contributed by atoms with E-state index in [9.17, 15) is 0 Å². The number of hydrogen-bond acceptors (Lipinski definition) is 1. The van der Waals surface area contributed by atoms with Crippen molar-refractivity contribution in [2.75, 3.05) is 0 Å². The van der Waals surface area contributed by atoms with E-state index in [1.54, 1.807) is 0 Å². The fourth-order valence-electron chi connectivity index (χ4n) is 11.3. The molecule has 0 saturated heterocycles. The third-order valence-electron chi connectivity index (χ3n) is 15.0. The molecule has 1 heteroatoms. The minimum atomic E-state index is -0.148. The van der Waals surface area contributed by atoms with Crippen molar-refractivity contribution in [3.63, 3.8) is 0 Å². The van der Waals surface area contributed by atoms with Crippen molar-refractivity contribution in [1.82, 2.24) is 4.98 Å². The van der Waals surface area contributed by atoms with Gasteiger partial charge in [0.05, 0.1) is 5.69 Å². The molecule has 0 aliphatic heterocycles. The highest BCUT2D eigenvalue weighted by Gasteiger charge is 2.39. The maximum absolute atomic E-state index is 4.64. The lowest BCUT2D eigenvalue weighted by Gasteiger charge is -2.24. The van der Waals surface area contributed by atoms with Gasteiger partial charge in [-0.1, -0.05) is 169 Å². The van der Waals surface area contributed by atoms with Crippen molar-refractivity contribution in [2.45, 2.75) is 57.8 Å². The first-order valence-corrected chi connectivity index (χ1v) is 22.4. The topological polar surface area (TPSA) is 12.9 Å². The van der Waals surface area contributed by atoms with Crippen LogP contribution in [0, 0.1) is 0 Å². The summed E-state index contributed by atoms with van der Waals surface area (Å²) in [5.74, 6) is 0. The van der Waals surface area contributed by atoms with Crippen LogP contribution in [0.3, 0.4) is 0 Å². The molecular weight excluding hydrogens is 759 g/mol. The molecule has 63 heavy (non-hydrogen) atoms. The zero-order chi connectivity index (χ0) is 42.8. The van der Waals surface area contributed by atoms with Crippen LogP contribution in [-0.4, -0.2) is 4.98 Å². The lowest BCUT2D eigenvalue weighted by atomic mass is 9.79. The summed E-state index contributed by atoms with van der Waals surface area (Å²) < 4.78 is 0. The van der Waals surface area contributed by atoms with Crippen LogP contribution >= 0.6 is 0 Å². The molecule has 3 aliphatic carbocycles. The van der Waals surface area contributed by atoms with Gasteiger partial charge in [-0.25, -0.2) is 0 Å². The zero-order valence-corrected chi connectivity index (χ0v) is 36.8. The minimum absolute atomic E-state index is 0.123. The molecule has 0 spiro atoms. The normalized spacial score (nSPS) is 15.2. The van der Waals surface area contributed by atoms with Crippen LogP contribution in [0.25, 0.3) is 89.1 Å². The van der Waals surface area contributed by atoms with Gasteiger partial charge in [0.25, 0.3) is 0 Å². The molecule has 0 bridgehead atoms. The first kappa shape index (κ1) is 37.7. The van der Waals surface area contributed by atoms with Crippen LogP contribution in [0.2, 0.25) is 0 Å². The van der Waals surface area contributed by atoms with Crippen LogP contribution in [0.15, 0.2) is 188 Å². The molecule has 0 radical (unpaired) electrons. The molecule has 9 aromatic rings. The molecule has 1 nitrogen and oxygen atoms in total. The van der Waals surface area contributed by atoms with E-state index in [0.717, 1.165) is 5.69 Å². The van der Waals surface area contributed by atoms with Gasteiger partial charge in [0.15, 0.2) is 0 Å². The number of rotatable bonds is 5. The molecule has 0 N–H and O–H groups in total. The fraction of sp³-hybridized carbons (Fsp3) is 0.145. The second-order valence-corrected chi connectivity index (χ2v) is 19.6. The number of benzene rings is 8. The Morgan fingerprint density at radius 1 is 0.254 bits per heavy atom.